The van der Waals surface area contributed by atoms with Crippen LogP contribution in [-0.2, 0) is 4.79 Å². The van der Waals surface area contributed by atoms with E-state index in [9.17, 15) is 9.90 Å². The maximum atomic E-state index is 12.5. The van der Waals surface area contributed by atoms with Crippen molar-refractivity contribution in [2.45, 2.75) is 58.5 Å². The first-order chi connectivity index (χ1) is 7.82. The smallest absolute Gasteiger partial charge is 0.226 e. The molecule has 3 nitrogen and oxygen atoms in total. The third-order valence-electron chi connectivity index (χ3n) is 4.54. The molecule has 2 unspecified atom stereocenters. The van der Waals surface area contributed by atoms with E-state index in [1.807, 2.05) is 11.8 Å². The van der Waals surface area contributed by atoms with Crippen LogP contribution in [0.1, 0.15) is 52.9 Å². The summed E-state index contributed by atoms with van der Waals surface area (Å²) in [6, 6.07) is 0. The fourth-order valence-electron chi connectivity index (χ4n) is 3.41. The highest BCUT2D eigenvalue weighted by atomic mass is 16.3. The van der Waals surface area contributed by atoms with Gasteiger partial charge in [-0.05, 0) is 38.0 Å². The Hall–Kier alpha value is -0.570. The molecule has 1 N–H and O–H groups in total. The van der Waals surface area contributed by atoms with E-state index in [0.29, 0.717) is 6.54 Å². The van der Waals surface area contributed by atoms with Gasteiger partial charge in [0, 0.05) is 19.0 Å². The third-order valence-corrected chi connectivity index (χ3v) is 4.54. The maximum Gasteiger partial charge on any atom is 0.226 e. The summed E-state index contributed by atoms with van der Waals surface area (Å²) in [5.74, 6) is 0.434. The van der Waals surface area contributed by atoms with Crippen LogP contribution in [0, 0.1) is 11.3 Å². The summed E-state index contributed by atoms with van der Waals surface area (Å²) in [7, 11) is 0. The van der Waals surface area contributed by atoms with Gasteiger partial charge in [0.2, 0.25) is 5.91 Å². The number of carbonyl (C=O) groups is 1. The van der Waals surface area contributed by atoms with E-state index in [1.165, 1.54) is 0 Å². The Kier molecular flexibility index (Phi) is 3.23. The van der Waals surface area contributed by atoms with Crippen LogP contribution in [0.25, 0.3) is 0 Å². The molecule has 0 aromatic carbocycles. The molecule has 0 bridgehead atoms. The molecule has 98 valence electrons. The number of β-amino-alcohol motifs (C(OH)–C–C–N with tert-alkyl or cyclic N) is 1. The van der Waals surface area contributed by atoms with Crippen molar-refractivity contribution in [2.24, 2.45) is 11.3 Å². The van der Waals surface area contributed by atoms with Gasteiger partial charge in [0.05, 0.1) is 5.60 Å². The molecule has 2 aliphatic rings. The zero-order valence-corrected chi connectivity index (χ0v) is 11.3. The Morgan fingerprint density at radius 1 is 1.24 bits per heavy atom. The van der Waals surface area contributed by atoms with Gasteiger partial charge in [0.15, 0.2) is 0 Å². The van der Waals surface area contributed by atoms with E-state index < -0.39 is 5.60 Å². The van der Waals surface area contributed by atoms with E-state index in [2.05, 4.69) is 13.8 Å². The van der Waals surface area contributed by atoms with Crippen molar-refractivity contribution < 1.29 is 9.90 Å². The molecule has 1 amide bonds. The van der Waals surface area contributed by atoms with Crippen LogP contribution in [0.4, 0.5) is 0 Å². The summed E-state index contributed by atoms with van der Waals surface area (Å²) in [5.41, 5.74) is -0.545. The molecule has 1 heterocycles. The number of hydrogen-bond donors (Lipinski definition) is 1. The topological polar surface area (TPSA) is 40.5 Å². The highest BCUT2D eigenvalue weighted by Gasteiger charge is 2.42. The maximum absolute atomic E-state index is 12.5. The zero-order chi connectivity index (χ0) is 12.7. The van der Waals surface area contributed by atoms with E-state index in [0.717, 1.165) is 38.6 Å². The molecule has 0 radical (unpaired) electrons. The van der Waals surface area contributed by atoms with Crippen LogP contribution >= 0.6 is 0 Å². The Morgan fingerprint density at radius 3 is 2.47 bits per heavy atom. The summed E-state index contributed by atoms with van der Waals surface area (Å²) in [4.78, 5) is 14.4. The first kappa shape index (κ1) is 12.9. The Labute approximate surface area is 104 Å². The summed E-state index contributed by atoms with van der Waals surface area (Å²) >= 11 is 0. The minimum atomic E-state index is -0.684. The molecule has 2 rings (SSSR count). The van der Waals surface area contributed by atoms with Crippen molar-refractivity contribution >= 4 is 5.91 Å². The molecule has 2 atom stereocenters. The van der Waals surface area contributed by atoms with Crippen LogP contribution in [-0.4, -0.2) is 34.6 Å². The van der Waals surface area contributed by atoms with Gasteiger partial charge in [0.1, 0.15) is 0 Å². The minimum Gasteiger partial charge on any atom is -0.388 e. The van der Waals surface area contributed by atoms with Gasteiger partial charge in [-0.15, -0.1) is 0 Å². The van der Waals surface area contributed by atoms with Gasteiger partial charge in [-0.25, -0.2) is 0 Å². The van der Waals surface area contributed by atoms with Gasteiger partial charge in [-0.1, -0.05) is 20.3 Å². The molecule has 1 saturated heterocycles. The van der Waals surface area contributed by atoms with Crippen LogP contribution in [0.15, 0.2) is 0 Å². The lowest BCUT2D eigenvalue weighted by Crippen LogP contribution is -2.51. The fraction of sp³-hybridized carbons (Fsp3) is 0.929. The second-order valence-electron chi connectivity index (χ2n) is 6.79. The Bertz CT molecular complexity index is 309. The summed E-state index contributed by atoms with van der Waals surface area (Å²) in [6.45, 7) is 7.57. The molecular weight excluding hydrogens is 214 g/mol. The molecule has 1 saturated carbocycles. The van der Waals surface area contributed by atoms with Crippen LogP contribution in [0.2, 0.25) is 0 Å². The number of piperidine rings is 1. The molecular formula is C14H25NO2. The van der Waals surface area contributed by atoms with E-state index in [-0.39, 0.29) is 17.2 Å². The molecule has 0 aromatic rings. The molecule has 0 aromatic heterocycles. The molecule has 1 aliphatic carbocycles. The van der Waals surface area contributed by atoms with Gasteiger partial charge in [-0.2, -0.15) is 0 Å². The van der Waals surface area contributed by atoms with Crippen molar-refractivity contribution in [3.05, 3.63) is 0 Å². The third kappa shape index (κ3) is 2.65. The predicted octanol–water partition coefficient (Wildman–Crippen LogP) is 2.19. The number of likely N-dealkylation sites (tertiary alicyclic amines) is 1. The largest absolute Gasteiger partial charge is 0.388 e. The first-order valence-electron chi connectivity index (χ1n) is 6.83. The molecule has 0 spiro atoms. The lowest BCUT2D eigenvalue weighted by atomic mass is 9.80. The number of amides is 1. The highest BCUT2D eigenvalue weighted by molar-refractivity contribution is 5.80. The molecule has 17 heavy (non-hydrogen) atoms. The van der Waals surface area contributed by atoms with Crippen molar-refractivity contribution in [1.29, 1.82) is 0 Å². The fourth-order valence-corrected chi connectivity index (χ4v) is 3.41. The van der Waals surface area contributed by atoms with Gasteiger partial charge >= 0.3 is 0 Å². The normalized spacial score (nSPS) is 37.2. The molecule has 2 fully saturated rings. The van der Waals surface area contributed by atoms with Gasteiger partial charge in [0.25, 0.3) is 0 Å². The predicted molar refractivity (Wildman–Crippen MR) is 67.6 cm³/mol. The van der Waals surface area contributed by atoms with E-state index >= 15 is 0 Å². The number of carbonyl (C=O) groups excluding carboxylic acids is 1. The van der Waals surface area contributed by atoms with Gasteiger partial charge in [-0.3, -0.25) is 4.79 Å². The second kappa shape index (κ2) is 4.27. The molecule has 1 aliphatic heterocycles. The second-order valence-corrected chi connectivity index (χ2v) is 6.79. The number of hydrogen-bond acceptors (Lipinski definition) is 2. The summed E-state index contributed by atoms with van der Waals surface area (Å²) in [6.07, 6.45) is 5.06. The first-order valence-corrected chi connectivity index (χ1v) is 6.83. The van der Waals surface area contributed by atoms with Crippen LogP contribution in [0.5, 0.6) is 0 Å². The van der Waals surface area contributed by atoms with E-state index in [1.54, 1.807) is 0 Å². The lowest BCUT2D eigenvalue weighted by molar-refractivity contribution is -0.144. The van der Waals surface area contributed by atoms with Crippen LogP contribution in [0.3, 0.4) is 0 Å². The summed E-state index contributed by atoms with van der Waals surface area (Å²) < 4.78 is 0. The minimum absolute atomic E-state index is 0.139. The number of aliphatic hydroxyl groups is 1. The van der Waals surface area contributed by atoms with Crippen molar-refractivity contribution in [3.63, 3.8) is 0 Å². The molecule has 3 heteroatoms. The van der Waals surface area contributed by atoms with Crippen molar-refractivity contribution in [2.75, 3.05) is 13.1 Å². The van der Waals surface area contributed by atoms with Crippen molar-refractivity contribution in [3.8, 4) is 0 Å². The van der Waals surface area contributed by atoms with Crippen molar-refractivity contribution in [1.82, 2.24) is 4.90 Å². The van der Waals surface area contributed by atoms with Gasteiger partial charge < -0.3 is 10.0 Å². The Balaban J connectivity index is 2.05. The van der Waals surface area contributed by atoms with Crippen LogP contribution < -0.4 is 0 Å². The Morgan fingerprint density at radius 2 is 1.94 bits per heavy atom. The average molecular weight is 239 g/mol. The number of nitrogens with zero attached hydrogens (tertiary/aromatic N) is 1. The standard InChI is InChI=1S/C14H25NO2/c1-13(2)7-4-6-11(13)12(16)15-9-5-8-14(3,17)10-15/h11,17H,4-10H2,1-3H3. The lowest BCUT2D eigenvalue weighted by Gasteiger charge is -2.40. The number of rotatable bonds is 1. The highest BCUT2D eigenvalue weighted by Crippen LogP contribution is 2.43. The SMILES string of the molecule is CC1(O)CCCN(C(=O)C2CCCC2(C)C)C1. The summed E-state index contributed by atoms with van der Waals surface area (Å²) in [5, 5.41) is 10.1. The monoisotopic (exact) mass is 239 g/mol. The van der Waals surface area contributed by atoms with E-state index in [4.69, 9.17) is 0 Å². The zero-order valence-electron chi connectivity index (χ0n) is 11.3. The average Bonchev–Trinajstić information content (AvgIpc) is 2.55. The quantitative estimate of drug-likeness (QED) is 0.762.